The van der Waals surface area contributed by atoms with Gasteiger partial charge < -0.3 is 10.5 Å². The second kappa shape index (κ2) is 6.94. The van der Waals surface area contributed by atoms with Crippen LogP contribution < -0.4 is 5.73 Å². The smallest absolute Gasteiger partial charge is 0.0813 e. The highest BCUT2D eigenvalue weighted by atomic mass is 32.1. The Balaban J connectivity index is 1.84. The van der Waals surface area contributed by atoms with Gasteiger partial charge in [0.05, 0.1) is 19.3 Å². The quantitative estimate of drug-likeness (QED) is 0.850. The molecule has 0 bridgehead atoms. The van der Waals surface area contributed by atoms with Gasteiger partial charge in [0.2, 0.25) is 0 Å². The second-order valence-corrected chi connectivity index (χ2v) is 5.91. The van der Waals surface area contributed by atoms with Crippen molar-refractivity contribution in [1.29, 1.82) is 0 Å². The Labute approximate surface area is 114 Å². The molecule has 0 amide bonds. The van der Waals surface area contributed by atoms with E-state index in [-0.39, 0.29) is 0 Å². The maximum Gasteiger partial charge on any atom is 0.0813 e. The maximum absolute atomic E-state index is 6.04. The number of ether oxygens (including phenoxy) is 1. The summed E-state index contributed by atoms with van der Waals surface area (Å²) in [5.74, 6) is 6.63. The van der Waals surface area contributed by atoms with Crippen molar-refractivity contribution in [2.75, 3.05) is 6.54 Å². The van der Waals surface area contributed by atoms with E-state index >= 15 is 0 Å². The van der Waals surface area contributed by atoms with Crippen molar-refractivity contribution in [3.63, 3.8) is 0 Å². The molecule has 3 heteroatoms. The molecule has 0 aliphatic heterocycles. The van der Waals surface area contributed by atoms with Crippen molar-refractivity contribution < 1.29 is 4.74 Å². The summed E-state index contributed by atoms with van der Waals surface area (Å²) in [5.41, 5.74) is 6.42. The van der Waals surface area contributed by atoms with E-state index in [1.807, 2.05) is 0 Å². The highest BCUT2D eigenvalue weighted by Gasteiger charge is 2.21. The van der Waals surface area contributed by atoms with E-state index < -0.39 is 0 Å². The Morgan fingerprint density at radius 1 is 1.44 bits per heavy atom. The van der Waals surface area contributed by atoms with E-state index in [0.717, 1.165) is 12.2 Å². The largest absolute Gasteiger partial charge is 0.372 e. The number of hydrogen-bond acceptors (Lipinski definition) is 3. The average molecular weight is 263 g/mol. The molecule has 1 saturated carbocycles. The Morgan fingerprint density at radius 3 is 3.06 bits per heavy atom. The van der Waals surface area contributed by atoms with Crippen molar-refractivity contribution in [3.05, 3.63) is 21.9 Å². The predicted octanol–water partition coefficient (Wildman–Crippen LogP) is 3.15. The Morgan fingerprint density at radius 2 is 2.28 bits per heavy atom. The van der Waals surface area contributed by atoms with Gasteiger partial charge in [-0.2, -0.15) is 0 Å². The van der Waals surface area contributed by atoms with Crippen LogP contribution in [0.3, 0.4) is 0 Å². The predicted molar refractivity (Wildman–Crippen MR) is 76.5 cm³/mol. The topological polar surface area (TPSA) is 35.2 Å². The van der Waals surface area contributed by atoms with Crippen molar-refractivity contribution in [3.8, 4) is 11.8 Å². The molecule has 1 aromatic heterocycles. The number of hydrogen-bond donors (Lipinski definition) is 1. The van der Waals surface area contributed by atoms with Crippen LogP contribution in [-0.4, -0.2) is 12.6 Å². The van der Waals surface area contributed by atoms with Gasteiger partial charge in [-0.3, -0.25) is 0 Å². The zero-order chi connectivity index (χ0) is 12.8. The number of nitrogens with two attached hydrogens (primary N) is 1. The minimum atomic E-state index is 0.418. The summed E-state index contributed by atoms with van der Waals surface area (Å²) in [6.07, 6.45) is 5.64. The molecule has 2 N–H and O–H groups in total. The van der Waals surface area contributed by atoms with Gasteiger partial charge in [-0.15, -0.1) is 11.3 Å². The van der Waals surface area contributed by atoms with Crippen LogP contribution in [0.15, 0.2) is 11.4 Å². The molecule has 1 aromatic rings. The third-order valence-electron chi connectivity index (χ3n) is 3.46. The summed E-state index contributed by atoms with van der Waals surface area (Å²) in [4.78, 5) is 1.26. The van der Waals surface area contributed by atoms with Crippen molar-refractivity contribution in [2.45, 2.75) is 45.3 Å². The first-order chi connectivity index (χ1) is 8.79. The Hall–Kier alpha value is -0.820. The monoisotopic (exact) mass is 263 g/mol. The van der Waals surface area contributed by atoms with E-state index in [1.54, 1.807) is 11.3 Å². The minimum Gasteiger partial charge on any atom is -0.372 e. The standard InChI is InChI=1S/C15H21NOS/c1-12-5-2-3-7-15(12)17-10-14-9-13(11-18-14)6-4-8-16/h9,11-12,15H,2-3,5,7-8,10,16H2,1H3. The van der Waals surface area contributed by atoms with Gasteiger partial charge in [0, 0.05) is 15.8 Å². The van der Waals surface area contributed by atoms with Crippen molar-refractivity contribution >= 4 is 11.3 Å². The molecule has 1 fully saturated rings. The number of thiophene rings is 1. The molecule has 2 unspecified atom stereocenters. The van der Waals surface area contributed by atoms with Crippen LogP contribution in [0.4, 0.5) is 0 Å². The molecule has 18 heavy (non-hydrogen) atoms. The Kier molecular flexibility index (Phi) is 5.25. The normalized spacial score (nSPS) is 23.4. The SMILES string of the molecule is CC1CCCCC1OCc1cc(C#CCN)cs1. The van der Waals surface area contributed by atoms with Crippen LogP contribution in [0, 0.1) is 17.8 Å². The van der Waals surface area contributed by atoms with Crippen LogP contribution in [-0.2, 0) is 11.3 Å². The van der Waals surface area contributed by atoms with E-state index in [9.17, 15) is 0 Å². The lowest BCUT2D eigenvalue weighted by Gasteiger charge is -2.28. The van der Waals surface area contributed by atoms with Gasteiger partial charge in [-0.05, 0) is 24.8 Å². The molecule has 0 aromatic carbocycles. The summed E-state index contributed by atoms with van der Waals surface area (Å²) >= 11 is 1.72. The first-order valence-corrected chi connectivity index (χ1v) is 7.55. The lowest BCUT2D eigenvalue weighted by atomic mass is 9.88. The van der Waals surface area contributed by atoms with E-state index in [2.05, 4.69) is 30.2 Å². The summed E-state index contributed by atoms with van der Waals surface area (Å²) < 4.78 is 6.04. The van der Waals surface area contributed by atoms with E-state index in [4.69, 9.17) is 10.5 Å². The van der Waals surface area contributed by atoms with Crippen molar-refractivity contribution in [1.82, 2.24) is 0 Å². The van der Waals surface area contributed by atoms with E-state index in [1.165, 1.54) is 30.6 Å². The van der Waals surface area contributed by atoms with Crippen LogP contribution in [0.25, 0.3) is 0 Å². The zero-order valence-corrected chi connectivity index (χ0v) is 11.8. The summed E-state index contributed by atoms with van der Waals surface area (Å²) in [5, 5.41) is 2.08. The molecule has 2 atom stereocenters. The van der Waals surface area contributed by atoms with Gasteiger partial charge in [-0.25, -0.2) is 0 Å². The van der Waals surface area contributed by atoms with Crippen LogP contribution >= 0.6 is 11.3 Å². The lowest BCUT2D eigenvalue weighted by molar-refractivity contribution is -0.0143. The summed E-state index contributed by atoms with van der Waals surface area (Å²) in [6.45, 7) is 3.45. The van der Waals surface area contributed by atoms with Gasteiger partial charge in [0.25, 0.3) is 0 Å². The molecule has 1 aliphatic carbocycles. The minimum absolute atomic E-state index is 0.418. The van der Waals surface area contributed by atoms with Crippen LogP contribution in [0.2, 0.25) is 0 Å². The van der Waals surface area contributed by atoms with Crippen molar-refractivity contribution in [2.24, 2.45) is 11.7 Å². The first kappa shape index (κ1) is 13.6. The average Bonchev–Trinajstić information content (AvgIpc) is 2.83. The highest BCUT2D eigenvalue weighted by Crippen LogP contribution is 2.27. The molecule has 0 radical (unpaired) electrons. The highest BCUT2D eigenvalue weighted by molar-refractivity contribution is 7.10. The van der Waals surface area contributed by atoms with Gasteiger partial charge in [0.15, 0.2) is 0 Å². The summed E-state index contributed by atoms with van der Waals surface area (Å²) in [7, 11) is 0. The number of rotatable bonds is 3. The maximum atomic E-state index is 6.04. The van der Waals surface area contributed by atoms with Crippen LogP contribution in [0.5, 0.6) is 0 Å². The molecule has 1 heterocycles. The Bertz CT molecular complexity index is 429. The molecule has 2 nitrogen and oxygen atoms in total. The second-order valence-electron chi connectivity index (χ2n) is 4.92. The van der Waals surface area contributed by atoms with Crippen LogP contribution in [0.1, 0.15) is 43.0 Å². The zero-order valence-electron chi connectivity index (χ0n) is 10.9. The molecule has 0 spiro atoms. The summed E-state index contributed by atoms with van der Waals surface area (Å²) in [6, 6.07) is 2.11. The molecule has 2 rings (SSSR count). The fourth-order valence-corrected chi connectivity index (χ4v) is 3.13. The third kappa shape index (κ3) is 3.84. The van der Waals surface area contributed by atoms with Gasteiger partial charge in [-0.1, -0.05) is 31.6 Å². The van der Waals surface area contributed by atoms with E-state index in [0.29, 0.717) is 18.6 Å². The van der Waals surface area contributed by atoms with Gasteiger partial charge >= 0.3 is 0 Å². The molecular formula is C15H21NOS. The fourth-order valence-electron chi connectivity index (χ4n) is 2.39. The lowest BCUT2D eigenvalue weighted by Crippen LogP contribution is -2.25. The molecule has 0 saturated heterocycles. The fraction of sp³-hybridized carbons (Fsp3) is 0.600. The molecule has 1 aliphatic rings. The molecule has 98 valence electrons. The third-order valence-corrected chi connectivity index (χ3v) is 4.37. The van der Waals surface area contributed by atoms with Gasteiger partial charge in [0.1, 0.15) is 0 Å². The first-order valence-electron chi connectivity index (χ1n) is 6.67. The molecular weight excluding hydrogens is 242 g/mol.